The van der Waals surface area contributed by atoms with Gasteiger partial charge in [0.1, 0.15) is 5.75 Å². The molecule has 0 spiro atoms. The van der Waals surface area contributed by atoms with Crippen LogP contribution in [-0.2, 0) is 0 Å². The highest BCUT2D eigenvalue weighted by Crippen LogP contribution is 2.27. The summed E-state index contributed by atoms with van der Waals surface area (Å²) < 4.78 is 5.66. The number of rotatable bonds is 4. The van der Waals surface area contributed by atoms with Crippen LogP contribution in [0.15, 0.2) is 42.6 Å². The fourth-order valence-electron chi connectivity index (χ4n) is 1.92. The SMILES string of the molecule is Cc1cc(C(=O)c2ccc(OC3CC3)cc2)ccn1. The van der Waals surface area contributed by atoms with E-state index in [1.165, 1.54) is 0 Å². The highest BCUT2D eigenvalue weighted by Gasteiger charge is 2.23. The van der Waals surface area contributed by atoms with Gasteiger partial charge in [0.2, 0.25) is 0 Å². The minimum absolute atomic E-state index is 0.0171. The van der Waals surface area contributed by atoms with Crippen LogP contribution in [0.2, 0.25) is 0 Å². The number of carbonyl (C=O) groups excluding carboxylic acids is 1. The van der Waals surface area contributed by atoms with Crippen LogP contribution < -0.4 is 4.74 Å². The summed E-state index contributed by atoms with van der Waals surface area (Å²) in [5, 5.41) is 0. The van der Waals surface area contributed by atoms with Gasteiger partial charge in [0.25, 0.3) is 0 Å². The number of pyridine rings is 1. The lowest BCUT2D eigenvalue weighted by atomic mass is 10.0. The van der Waals surface area contributed by atoms with E-state index in [2.05, 4.69) is 4.98 Å². The first-order valence-electron chi connectivity index (χ1n) is 6.46. The van der Waals surface area contributed by atoms with E-state index < -0.39 is 0 Å². The van der Waals surface area contributed by atoms with E-state index in [-0.39, 0.29) is 5.78 Å². The molecule has 0 aliphatic heterocycles. The standard InChI is InChI=1S/C16H15NO2/c1-11-10-13(8-9-17-11)16(18)12-2-4-14(5-3-12)19-15-6-7-15/h2-5,8-10,15H,6-7H2,1H3. The van der Waals surface area contributed by atoms with Crippen LogP contribution in [0, 0.1) is 6.92 Å². The Kier molecular flexibility index (Phi) is 3.03. The largest absolute Gasteiger partial charge is 0.490 e. The smallest absolute Gasteiger partial charge is 0.193 e. The Morgan fingerprint density at radius 3 is 2.53 bits per heavy atom. The monoisotopic (exact) mass is 253 g/mol. The predicted octanol–water partition coefficient (Wildman–Crippen LogP) is 3.16. The summed E-state index contributed by atoms with van der Waals surface area (Å²) in [6.45, 7) is 1.88. The van der Waals surface area contributed by atoms with Gasteiger partial charge in [0.15, 0.2) is 5.78 Å². The lowest BCUT2D eigenvalue weighted by Crippen LogP contribution is -2.02. The van der Waals surface area contributed by atoms with E-state index in [1.807, 2.05) is 31.2 Å². The van der Waals surface area contributed by atoms with Gasteiger partial charge in [0, 0.05) is 23.0 Å². The van der Waals surface area contributed by atoms with Crippen molar-refractivity contribution in [3.63, 3.8) is 0 Å². The van der Waals surface area contributed by atoms with E-state index in [0.717, 1.165) is 24.3 Å². The van der Waals surface area contributed by atoms with Crippen molar-refractivity contribution in [2.45, 2.75) is 25.9 Å². The summed E-state index contributed by atoms with van der Waals surface area (Å²) in [4.78, 5) is 16.4. The van der Waals surface area contributed by atoms with Crippen molar-refractivity contribution in [1.29, 1.82) is 0 Å². The number of hydrogen-bond donors (Lipinski definition) is 0. The van der Waals surface area contributed by atoms with E-state index in [9.17, 15) is 4.79 Å². The lowest BCUT2D eigenvalue weighted by molar-refractivity contribution is 0.103. The maximum absolute atomic E-state index is 12.3. The van der Waals surface area contributed by atoms with Crippen molar-refractivity contribution in [2.24, 2.45) is 0 Å². The maximum Gasteiger partial charge on any atom is 0.193 e. The average molecular weight is 253 g/mol. The topological polar surface area (TPSA) is 39.2 Å². The van der Waals surface area contributed by atoms with Crippen LogP contribution in [0.4, 0.5) is 0 Å². The van der Waals surface area contributed by atoms with Gasteiger partial charge in [-0.25, -0.2) is 0 Å². The number of ether oxygens (including phenoxy) is 1. The summed E-state index contributed by atoms with van der Waals surface area (Å²) in [5.41, 5.74) is 2.19. The van der Waals surface area contributed by atoms with Crippen LogP contribution in [0.5, 0.6) is 5.75 Å². The second kappa shape index (κ2) is 4.84. The fraction of sp³-hybridized carbons (Fsp3) is 0.250. The number of aryl methyl sites for hydroxylation is 1. The first kappa shape index (κ1) is 11.9. The summed E-state index contributed by atoms with van der Waals surface area (Å²) in [7, 11) is 0. The molecular weight excluding hydrogens is 238 g/mol. The van der Waals surface area contributed by atoms with Crippen LogP contribution in [0.3, 0.4) is 0 Å². The molecule has 3 heteroatoms. The molecule has 19 heavy (non-hydrogen) atoms. The third kappa shape index (κ3) is 2.81. The zero-order chi connectivity index (χ0) is 13.2. The van der Waals surface area contributed by atoms with E-state index in [0.29, 0.717) is 17.2 Å². The van der Waals surface area contributed by atoms with E-state index in [4.69, 9.17) is 4.74 Å². The first-order valence-corrected chi connectivity index (χ1v) is 6.46. The van der Waals surface area contributed by atoms with Crippen molar-refractivity contribution in [1.82, 2.24) is 4.98 Å². The third-order valence-corrected chi connectivity index (χ3v) is 3.10. The molecule has 0 unspecified atom stereocenters. The summed E-state index contributed by atoms with van der Waals surface area (Å²) in [6, 6.07) is 10.9. The molecule has 0 amide bonds. The molecule has 1 fully saturated rings. The summed E-state index contributed by atoms with van der Waals surface area (Å²) in [6.07, 6.45) is 4.31. The highest BCUT2D eigenvalue weighted by molar-refractivity contribution is 6.09. The molecule has 1 aliphatic rings. The van der Waals surface area contributed by atoms with Crippen molar-refractivity contribution in [2.75, 3.05) is 0 Å². The quantitative estimate of drug-likeness (QED) is 0.786. The van der Waals surface area contributed by atoms with Crippen LogP contribution in [0.1, 0.15) is 34.5 Å². The molecule has 0 atom stereocenters. The molecule has 1 saturated carbocycles. The van der Waals surface area contributed by atoms with Gasteiger partial charge < -0.3 is 4.74 Å². The molecule has 0 N–H and O–H groups in total. The van der Waals surface area contributed by atoms with Crippen LogP contribution in [0.25, 0.3) is 0 Å². The minimum atomic E-state index is 0.0171. The van der Waals surface area contributed by atoms with Gasteiger partial charge in [-0.15, -0.1) is 0 Å². The van der Waals surface area contributed by atoms with Crippen molar-refractivity contribution in [3.8, 4) is 5.75 Å². The second-order valence-electron chi connectivity index (χ2n) is 4.86. The first-order chi connectivity index (χ1) is 9.22. The van der Waals surface area contributed by atoms with Gasteiger partial charge in [-0.1, -0.05) is 0 Å². The third-order valence-electron chi connectivity index (χ3n) is 3.10. The number of hydrogen-bond acceptors (Lipinski definition) is 3. The Bertz CT molecular complexity index is 600. The molecule has 0 saturated heterocycles. The van der Waals surface area contributed by atoms with Gasteiger partial charge in [-0.05, 0) is 56.2 Å². The normalized spacial score (nSPS) is 14.2. The Labute approximate surface area is 112 Å². The van der Waals surface area contributed by atoms with Gasteiger partial charge in [-0.2, -0.15) is 0 Å². The predicted molar refractivity (Wildman–Crippen MR) is 72.5 cm³/mol. The molecule has 1 aromatic heterocycles. The van der Waals surface area contributed by atoms with E-state index in [1.54, 1.807) is 18.3 Å². The van der Waals surface area contributed by atoms with Crippen LogP contribution in [-0.4, -0.2) is 16.9 Å². The molecule has 1 heterocycles. The number of ketones is 1. The Morgan fingerprint density at radius 1 is 1.16 bits per heavy atom. The van der Waals surface area contributed by atoms with Crippen molar-refractivity contribution < 1.29 is 9.53 Å². The molecule has 0 radical (unpaired) electrons. The Hall–Kier alpha value is -2.16. The Morgan fingerprint density at radius 2 is 1.89 bits per heavy atom. The number of nitrogens with zero attached hydrogens (tertiary/aromatic N) is 1. The molecule has 3 nitrogen and oxygen atoms in total. The lowest BCUT2D eigenvalue weighted by Gasteiger charge is -2.06. The average Bonchev–Trinajstić information content (AvgIpc) is 3.23. The summed E-state index contributed by atoms with van der Waals surface area (Å²) >= 11 is 0. The molecule has 96 valence electrons. The molecule has 1 aliphatic carbocycles. The second-order valence-corrected chi connectivity index (χ2v) is 4.86. The fourth-order valence-corrected chi connectivity index (χ4v) is 1.92. The summed E-state index contributed by atoms with van der Waals surface area (Å²) in [5.74, 6) is 0.855. The van der Waals surface area contributed by atoms with Gasteiger partial charge in [0.05, 0.1) is 6.10 Å². The number of aromatic nitrogens is 1. The Balaban J connectivity index is 1.79. The molecule has 1 aromatic carbocycles. The molecule has 0 bridgehead atoms. The maximum atomic E-state index is 12.3. The molecular formula is C16H15NO2. The van der Waals surface area contributed by atoms with Gasteiger partial charge in [-0.3, -0.25) is 9.78 Å². The van der Waals surface area contributed by atoms with Gasteiger partial charge >= 0.3 is 0 Å². The zero-order valence-electron chi connectivity index (χ0n) is 10.8. The molecule has 2 aromatic rings. The number of carbonyl (C=O) groups is 1. The van der Waals surface area contributed by atoms with Crippen molar-refractivity contribution >= 4 is 5.78 Å². The van der Waals surface area contributed by atoms with Crippen molar-refractivity contribution in [3.05, 3.63) is 59.4 Å². The highest BCUT2D eigenvalue weighted by atomic mass is 16.5. The van der Waals surface area contributed by atoms with Crippen LogP contribution >= 0.6 is 0 Å². The molecule has 3 rings (SSSR count). The minimum Gasteiger partial charge on any atom is -0.490 e. The van der Waals surface area contributed by atoms with E-state index >= 15 is 0 Å². The number of benzene rings is 1. The zero-order valence-corrected chi connectivity index (χ0v) is 10.8.